The van der Waals surface area contributed by atoms with E-state index in [1.807, 2.05) is 0 Å². The van der Waals surface area contributed by atoms with Crippen LogP contribution in [0.15, 0.2) is 54.6 Å². The lowest BCUT2D eigenvalue weighted by Crippen LogP contribution is -2.42. The quantitative estimate of drug-likeness (QED) is 0.871. The van der Waals surface area contributed by atoms with Crippen molar-refractivity contribution in [1.29, 1.82) is 0 Å². The Morgan fingerprint density at radius 2 is 1.70 bits per heavy atom. The fourth-order valence-corrected chi connectivity index (χ4v) is 4.12. The van der Waals surface area contributed by atoms with Gasteiger partial charge in [-0.1, -0.05) is 54.6 Å². The van der Waals surface area contributed by atoms with E-state index in [9.17, 15) is 0 Å². The lowest BCUT2D eigenvalue weighted by molar-refractivity contribution is 0.319. The maximum absolute atomic E-state index is 6.90. The lowest BCUT2D eigenvalue weighted by atomic mass is 9.73. The Kier molecular flexibility index (Phi) is 2.71. The molecule has 0 saturated heterocycles. The number of aryl methyl sites for hydroxylation is 1. The molecule has 0 spiro atoms. The molecule has 0 radical (unpaired) electrons. The summed E-state index contributed by atoms with van der Waals surface area (Å²) in [6.45, 7) is 0. The van der Waals surface area contributed by atoms with E-state index in [1.165, 1.54) is 36.0 Å². The monoisotopic (exact) mass is 263 g/mol. The maximum Gasteiger partial charge on any atom is 0.0447 e. The standard InChI is InChI=1S/C19H21N/c20-19(12-6-10-15-9-4-5-11-17(15)19)18-13-16(18)14-7-2-1-3-8-14/h1-5,7-9,11,16,18H,6,10,12-13,20H2. The first-order valence-corrected chi connectivity index (χ1v) is 7.71. The highest BCUT2D eigenvalue weighted by Crippen LogP contribution is 2.58. The molecule has 2 N–H and O–H groups in total. The van der Waals surface area contributed by atoms with Crippen molar-refractivity contribution in [3.05, 3.63) is 71.3 Å². The van der Waals surface area contributed by atoms with Gasteiger partial charge in [0, 0.05) is 5.54 Å². The van der Waals surface area contributed by atoms with Gasteiger partial charge in [0.05, 0.1) is 0 Å². The van der Waals surface area contributed by atoms with Crippen LogP contribution in [0.2, 0.25) is 0 Å². The van der Waals surface area contributed by atoms with Crippen LogP contribution < -0.4 is 5.73 Å². The largest absolute Gasteiger partial charge is 0.321 e. The van der Waals surface area contributed by atoms with Crippen molar-refractivity contribution in [3.63, 3.8) is 0 Å². The molecule has 1 nitrogen and oxygen atoms in total. The molecule has 0 aromatic heterocycles. The topological polar surface area (TPSA) is 26.0 Å². The Balaban J connectivity index is 1.67. The van der Waals surface area contributed by atoms with Gasteiger partial charge in [-0.2, -0.15) is 0 Å². The van der Waals surface area contributed by atoms with Gasteiger partial charge in [-0.15, -0.1) is 0 Å². The van der Waals surface area contributed by atoms with Crippen molar-refractivity contribution < 1.29 is 0 Å². The molecular formula is C19H21N. The molecule has 3 atom stereocenters. The summed E-state index contributed by atoms with van der Waals surface area (Å²) in [6, 6.07) is 19.7. The summed E-state index contributed by atoms with van der Waals surface area (Å²) in [5.74, 6) is 1.28. The van der Waals surface area contributed by atoms with Gasteiger partial charge in [-0.05, 0) is 54.2 Å². The number of hydrogen-bond acceptors (Lipinski definition) is 1. The molecule has 1 fully saturated rings. The van der Waals surface area contributed by atoms with Crippen molar-refractivity contribution in [2.45, 2.75) is 37.1 Å². The van der Waals surface area contributed by atoms with Crippen LogP contribution in [0, 0.1) is 5.92 Å². The Hall–Kier alpha value is -1.60. The van der Waals surface area contributed by atoms with Crippen LogP contribution in [0.1, 0.15) is 41.9 Å². The van der Waals surface area contributed by atoms with Crippen LogP contribution in [-0.4, -0.2) is 0 Å². The van der Waals surface area contributed by atoms with Crippen LogP contribution in [0.3, 0.4) is 0 Å². The van der Waals surface area contributed by atoms with Gasteiger partial charge in [0.25, 0.3) is 0 Å². The zero-order chi connectivity index (χ0) is 13.6. The molecular weight excluding hydrogens is 242 g/mol. The second-order valence-electron chi connectivity index (χ2n) is 6.41. The highest BCUT2D eigenvalue weighted by atomic mass is 14.8. The van der Waals surface area contributed by atoms with Gasteiger partial charge < -0.3 is 5.73 Å². The minimum atomic E-state index is -0.102. The maximum atomic E-state index is 6.90. The van der Waals surface area contributed by atoms with E-state index in [4.69, 9.17) is 5.73 Å². The third-order valence-electron chi connectivity index (χ3n) is 5.24. The van der Waals surface area contributed by atoms with Crippen molar-refractivity contribution in [2.75, 3.05) is 0 Å². The van der Waals surface area contributed by atoms with Crippen molar-refractivity contribution in [2.24, 2.45) is 11.7 Å². The van der Waals surface area contributed by atoms with E-state index < -0.39 is 0 Å². The summed E-state index contributed by atoms with van der Waals surface area (Å²) in [4.78, 5) is 0. The second kappa shape index (κ2) is 4.46. The molecule has 0 heterocycles. The third kappa shape index (κ3) is 1.81. The summed E-state index contributed by atoms with van der Waals surface area (Å²) in [5.41, 5.74) is 11.1. The minimum Gasteiger partial charge on any atom is -0.321 e. The summed E-state index contributed by atoms with van der Waals surface area (Å²) >= 11 is 0. The van der Waals surface area contributed by atoms with Gasteiger partial charge in [-0.3, -0.25) is 0 Å². The van der Waals surface area contributed by atoms with Crippen LogP contribution in [0.4, 0.5) is 0 Å². The second-order valence-corrected chi connectivity index (χ2v) is 6.41. The number of hydrogen-bond donors (Lipinski definition) is 1. The molecule has 2 aromatic carbocycles. The van der Waals surface area contributed by atoms with E-state index in [0.29, 0.717) is 11.8 Å². The van der Waals surface area contributed by atoms with E-state index in [2.05, 4.69) is 54.6 Å². The Labute approximate surface area is 120 Å². The molecule has 0 amide bonds. The van der Waals surface area contributed by atoms with Gasteiger partial charge in [0.15, 0.2) is 0 Å². The van der Waals surface area contributed by atoms with Gasteiger partial charge in [0.2, 0.25) is 0 Å². The zero-order valence-corrected chi connectivity index (χ0v) is 11.8. The minimum absolute atomic E-state index is 0.102. The number of fused-ring (bicyclic) bond motifs is 1. The highest BCUT2D eigenvalue weighted by molar-refractivity contribution is 5.40. The molecule has 102 valence electrons. The van der Waals surface area contributed by atoms with Gasteiger partial charge in [-0.25, -0.2) is 0 Å². The molecule has 2 aromatic rings. The van der Waals surface area contributed by atoms with E-state index >= 15 is 0 Å². The van der Waals surface area contributed by atoms with Crippen molar-refractivity contribution >= 4 is 0 Å². The predicted molar refractivity (Wildman–Crippen MR) is 82.5 cm³/mol. The van der Waals surface area contributed by atoms with Crippen LogP contribution >= 0.6 is 0 Å². The first kappa shape index (κ1) is 12.2. The van der Waals surface area contributed by atoms with E-state index in [0.717, 1.165) is 6.42 Å². The van der Waals surface area contributed by atoms with E-state index in [1.54, 1.807) is 0 Å². The van der Waals surface area contributed by atoms with Crippen molar-refractivity contribution in [3.8, 4) is 0 Å². The zero-order valence-electron chi connectivity index (χ0n) is 11.8. The van der Waals surface area contributed by atoms with E-state index in [-0.39, 0.29) is 5.54 Å². The highest BCUT2D eigenvalue weighted by Gasteiger charge is 2.52. The molecule has 4 rings (SSSR count). The van der Waals surface area contributed by atoms with Crippen LogP contribution in [0.5, 0.6) is 0 Å². The Bertz CT molecular complexity index is 619. The number of rotatable bonds is 2. The fraction of sp³-hybridized carbons (Fsp3) is 0.368. The summed E-state index contributed by atoms with van der Waals surface area (Å²) in [7, 11) is 0. The lowest BCUT2D eigenvalue weighted by Gasteiger charge is -2.36. The molecule has 20 heavy (non-hydrogen) atoms. The van der Waals surface area contributed by atoms with Gasteiger partial charge >= 0.3 is 0 Å². The fourth-order valence-electron chi connectivity index (χ4n) is 4.12. The number of nitrogens with two attached hydrogens (primary N) is 1. The molecule has 1 saturated carbocycles. The Morgan fingerprint density at radius 1 is 0.950 bits per heavy atom. The molecule has 2 aliphatic rings. The summed E-state index contributed by atoms with van der Waals surface area (Å²) in [5, 5.41) is 0. The van der Waals surface area contributed by atoms with Crippen LogP contribution in [0.25, 0.3) is 0 Å². The average Bonchev–Trinajstić information content (AvgIpc) is 3.30. The molecule has 2 aliphatic carbocycles. The van der Waals surface area contributed by atoms with Crippen molar-refractivity contribution in [1.82, 2.24) is 0 Å². The first-order chi connectivity index (χ1) is 9.79. The SMILES string of the molecule is NC1(C2CC2c2ccccc2)CCCc2ccccc21. The number of benzene rings is 2. The molecule has 0 aliphatic heterocycles. The first-order valence-electron chi connectivity index (χ1n) is 7.71. The predicted octanol–water partition coefficient (Wildman–Crippen LogP) is 3.98. The van der Waals surface area contributed by atoms with Gasteiger partial charge in [0.1, 0.15) is 0 Å². The smallest absolute Gasteiger partial charge is 0.0447 e. The summed E-state index contributed by atoms with van der Waals surface area (Å²) < 4.78 is 0. The summed E-state index contributed by atoms with van der Waals surface area (Å²) in [6.07, 6.45) is 4.80. The third-order valence-corrected chi connectivity index (χ3v) is 5.24. The molecule has 0 bridgehead atoms. The average molecular weight is 263 g/mol. The van der Waals surface area contributed by atoms with Crippen LogP contribution in [-0.2, 0) is 12.0 Å². The Morgan fingerprint density at radius 3 is 2.55 bits per heavy atom. The molecule has 3 unspecified atom stereocenters. The molecule has 1 heteroatoms. The normalized spacial score (nSPS) is 31.6.